The first-order valence-corrected chi connectivity index (χ1v) is 9.55. The second-order valence-electron chi connectivity index (χ2n) is 6.36. The molecule has 0 spiro atoms. The highest BCUT2D eigenvalue weighted by Crippen LogP contribution is 2.24. The first-order valence-electron chi connectivity index (χ1n) is 8.67. The van der Waals surface area contributed by atoms with Gasteiger partial charge in [0.25, 0.3) is 0 Å². The van der Waals surface area contributed by atoms with Crippen molar-refractivity contribution in [2.75, 3.05) is 0 Å². The van der Waals surface area contributed by atoms with Crippen LogP contribution in [0.25, 0.3) is 5.69 Å². The number of imide groups is 1. The van der Waals surface area contributed by atoms with Crippen molar-refractivity contribution in [3.8, 4) is 5.69 Å². The minimum absolute atomic E-state index is 0.166. The van der Waals surface area contributed by atoms with Gasteiger partial charge in [0, 0.05) is 6.04 Å². The molecule has 3 rings (SSSR count). The number of carbonyl (C=O) groups excluding carboxylic acids is 2. The van der Waals surface area contributed by atoms with Crippen LogP contribution in [0.3, 0.4) is 0 Å². The minimum atomic E-state index is -0.516. The Morgan fingerprint density at radius 3 is 2.73 bits per heavy atom. The highest BCUT2D eigenvalue weighted by molar-refractivity contribution is 8.00. The summed E-state index contributed by atoms with van der Waals surface area (Å²) in [6, 6.07) is 7.45. The van der Waals surface area contributed by atoms with E-state index in [4.69, 9.17) is 0 Å². The van der Waals surface area contributed by atoms with Gasteiger partial charge in [-0.2, -0.15) is 4.68 Å². The molecular weight excluding hydrogens is 352 g/mol. The number of amides is 3. The van der Waals surface area contributed by atoms with Crippen molar-refractivity contribution in [3.05, 3.63) is 29.8 Å². The molecule has 8 nitrogen and oxygen atoms in total. The van der Waals surface area contributed by atoms with Crippen molar-refractivity contribution in [1.82, 2.24) is 30.8 Å². The second-order valence-corrected chi connectivity index (χ2v) is 7.67. The van der Waals surface area contributed by atoms with Gasteiger partial charge in [0.15, 0.2) is 0 Å². The van der Waals surface area contributed by atoms with Crippen LogP contribution in [0.5, 0.6) is 0 Å². The molecule has 0 unspecified atom stereocenters. The predicted octanol–water partition coefficient (Wildman–Crippen LogP) is 2.22. The smallest absolute Gasteiger partial charge is 0.321 e. The lowest BCUT2D eigenvalue weighted by molar-refractivity contribution is -0.119. The zero-order valence-corrected chi connectivity index (χ0v) is 15.6. The summed E-state index contributed by atoms with van der Waals surface area (Å²) in [7, 11) is 0. The number of carbonyl (C=O) groups is 2. The van der Waals surface area contributed by atoms with E-state index in [0.717, 1.165) is 36.9 Å². The number of aromatic nitrogens is 4. The summed E-state index contributed by atoms with van der Waals surface area (Å²) < 4.78 is 1.60. The molecule has 9 heteroatoms. The number of thioether (sulfide) groups is 1. The maximum absolute atomic E-state index is 12.3. The average Bonchev–Trinajstić information content (AvgIpc) is 3.27. The van der Waals surface area contributed by atoms with Gasteiger partial charge in [-0.1, -0.05) is 42.8 Å². The Kier molecular flexibility index (Phi) is 5.87. The van der Waals surface area contributed by atoms with Gasteiger partial charge in [0.2, 0.25) is 11.1 Å². The SMILES string of the molecule is Cc1ccccc1-n1nnnc1S[C@@H](C)C(=O)NC(=O)NC1CCCC1. The lowest BCUT2D eigenvalue weighted by Gasteiger charge is -2.14. The zero-order valence-electron chi connectivity index (χ0n) is 14.8. The van der Waals surface area contributed by atoms with E-state index < -0.39 is 11.3 Å². The number of nitrogens with one attached hydrogen (secondary N) is 2. The molecule has 138 valence electrons. The van der Waals surface area contributed by atoms with Crippen LogP contribution < -0.4 is 10.6 Å². The molecule has 1 aromatic heterocycles. The van der Waals surface area contributed by atoms with E-state index in [2.05, 4.69) is 26.2 Å². The molecule has 3 amide bonds. The van der Waals surface area contributed by atoms with Crippen molar-refractivity contribution >= 4 is 23.7 Å². The third kappa shape index (κ3) is 4.40. The molecule has 1 fully saturated rings. The Bertz CT molecular complexity index is 787. The van der Waals surface area contributed by atoms with E-state index in [-0.39, 0.29) is 11.9 Å². The van der Waals surface area contributed by atoms with Crippen LogP contribution in [0.1, 0.15) is 38.2 Å². The molecular formula is C17H22N6O2S. The lowest BCUT2D eigenvalue weighted by atomic mass is 10.2. The number of urea groups is 1. The van der Waals surface area contributed by atoms with E-state index in [9.17, 15) is 9.59 Å². The molecule has 1 aliphatic rings. The van der Waals surface area contributed by atoms with Crippen LogP contribution >= 0.6 is 11.8 Å². The second kappa shape index (κ2) is 8.31. The number of hydrogen-bond donors (Lipinski definition) is 2. The molecule has 0 aliphatic heterocycles. The summed E-state index contributed by atoms with van der Waals surface area (Å²) in [4.78, 5) is 24.2. The van der Waals surface area contributed by atoms with Crippen molar-refractivity contribution in [2.45, 2.75) is 56.0 Å². The number of nitrogens with zero attached hydrogens (tertiary/aromatic N) is 4. The molecule has 2 aromatic rings. The molecule has 0 radical (unpaired) electrons. The fourth-order valence-corrected chi connectivity index (χ4v) is 3.72. The van der Waals surface area contributed by atoms with Crippen LogP contribution in [-0.2, 0) is 4.79 Å². The summed E-state index contributed by atoms with van der Waals surface area (Å²) in [5.74, 6) is -0.371. The van der Waals surface area contributed by atoms with Crippen LogP contribution in [0.2, 0.25) is 0 Å². The third-order valence-corrected chi connectivity index (χ3v) is 5.40. The molecule has 1 aromatic carbocycles. The van der Waals surface area contributed by atoms with Crippen LogP contribution in [0.4, 0.5) is 4.79 Å². The van der Waals surface area contributed by atoms with Gasteiger partial charge in [0.05, 0.1) is 10.9 Å². The van der Waals surface area contributed by atoms with Crippen LogP contribution in [0.15, 0.2) is 29.4 Å². The third-order valence-electron chi connectivity index (χ3n) is 4.36. The van der Waals surface area contributed by atoms with E-state index in [1.807, 2.05) is 31.2 Å². The van der Waals surface area contributed by atoms with E-state index in [1.165, 1.54) is 11.8 Å². The molecule has 26 heavy (non-hydrogen) atoms. The average molecular weight is 374 g/mol. The number of rotatable bonds is 5. The van der Waals surface area contributed by atoms with Gasteiger partial charge >= 0.3 is 6.03 Å². The summed E-state index contributed by atoms with van der Waals surface area (Å²) >= 11 is 1.21. The van der Waals surface area contributed by atoms with Crippen molar-refractivity contribution < 1.29 is 9.59 Å². The fraction of sp³-hybridized carbons (Fsp3) is 0.471. The van der Waals surface area contributed by atoms with Crippen molar-refractivity contribution in [2.24, 2.45) is 0 Å². The van der Waals surface area contributed by atoms with Gasteiger partial charge in [-0.15, -0.1) is 5.10 Å². The van der Waals surface area contributed by atoms with E-state index >= 15 is 0 Å². The molecule has 1 heterocycles. The quantitative estimate of drug-likeness (QED) is 0.778. The largest absolute Gasteiger partial charge is 0.335 e. The lowest BCUT2D eigenvalue weighted by Crippen LogP contribution is -2.45. The van der Waals surface area contributed by atoms with Gasteiger partial charge in [-0.05, 0) is 48.7 Å². The first-order chi connectivity index (χ1) is 12.5. The number of tetrazole rings is 1. The minimum Gasteiger partial charge on any atom is -0.335 e. The molecule has 1 aliphatic carbocycles. The van der Waals surface area contributed by atoms with Crippen molar-refractivity contribution in [1.29, 1.82) is 0 Å². The van der Waals surface area contributed by atoms with Crippen molar-refractivity contribution in [3.63, 3.8) is 0 Å². The Hall–Kier alpha value is -2.42. The van der Waals surface area contributed by atoms with Crippen LogP contribution in [0, 0.1) is 6.92 Å². The Balaban J connectivity index is 1.60. The topological polar surface area (TPSA) is 102 Å². The maximum Gasteiger partial charge on any atom is 0.321 e. The number of hydrogen-bond acceptors (Lipinski definition) is 6. The maximum atomic E-state index is 12.3. The summed E-state index contributed by atoms with van der Waals surface area (Å²) in [5.41, 5.74) is 1.88. The Morgan fingerprint density at radius 2 is 2.00 bits per heavy atom. The number of benzene rings is 1. The molecule has 0 saturated heterocycles. The highest BCUT2D eigenvalue weighted by atomic mass is 32.2. The fourth-order valence-electron chi connectivity index (χ4n) is 2.92. The summed E-state index contributed by atoms with van der Waals surface area (Å²) in [6.45, 7) is 3.69. The van der Waals surface area contributed by atoms with Gasteiger partial charge in [-0.3, -0.25) is 10.1 Å². The molecule has 0 bridgehead atoms. The van der Waals surface area contributed by atoms with Gasteiger partial charge in [-0.25, -0.2) is 4.79 Å². The standard InChI is InChI=1S/C17H22N6O2S/c1-11-7-3-6-10-14(11)23-17(20-21-22-23)26-12(2)15(24)19-16(25)18-13-8-4-5-9-13/h3,6-7,10,12-13H,4-5,8-9H2,1-2H3,(H2,18,19,24,25)/t12-/m0/s1. The van der Waals surface area contributed by atoms with Gasteiger partial charge < -0.3 is 5.32 Å². The van der Waals surface area contributed by atoms with E-state index in [1.54, 1.807) is 11.6 Å². The Labute approximate surface area is 156 Å². The number of para-hydroxylation sites is 1. The normalized spacial score (nSPS) is 15.6. The summed E-state index contributed by atoms with van der Waals surface area (Å²) in [6.07, 6.45) is 4.17. The van der Waals surface area contributed by atoms with E-state index in [0.29, 0.717) is 5.16 Å². The van der Waals surface area contributed by atoms with Gasteiger partial charge in [0.1, 0.15) is 0 Å². The summed E-state index contributed by atoms with van der Waals surface area (Å²) in [5, 5.41) is 17.0. The monoisotopic (exact) mass is 374 g/mol. The highest BCUT2D eigenvalue weighted by Gasteiger charge is 2.23. The molecule has 2 N–H and O–H groups in total. The van der Waals surface area contributed by atoms with Crippen LogP contribution in [-0.4, -0.2) is 43.4 Å². The number of aryl methyl sites for hydroxylation is 1. The molecule has 1 saturated carbocycles. The first kappa shape index (κ1) is 18.4. The molecule has 1 atom stereocenters. The zero-order chi connectivity index (χ0) is 18.5. The predicted molar refractivity (Wildman–Crippen MR) is 98.1 cm³/mol. The Morgan fingerprint density at radius 1 is 1.27 bits per heavy atom.